The number of ether oxygens (including phenoxy) is 4. The van der Waals surface area contributed by atoms with Crippen molar-refractivity contribution in [1.82, 2.24) is 0 Å². The minimum absolute atomic E-state index is 0.000906. The van der Waals surface area contributed by atoms with Crippen LogP contribution >= 0.6 is 11.8 Å². The van der Waals surface area contributed by atoms with E-state index < -0.39 is 5.60 Å². The fraction of sp³-hybridized carbons (Fsp3) is 0.500. The van der Waals surface area contributed by atoms with Crippen molar-refractivity contribution in [3.8, 4) is 17.2 Å². The molecule has 0 N–H and O–H groups in total. The van der Waals surface area contributed by atoms with Gasteiger partial charge < -0.3 is 18.9 Å². The molecule has 4 aliphatic heterocycles. The Hall–Kier alpha value is -4.37. The molecule has 2 aromatic rings. The highest BCUT2D eigenvalue weighted by Crippen LogP contribution is 2.63. The second-order valence-corrected chi connectivity index (χ2v) is 19.1. The minimum Gasteiger partial charge on any atom is -0.488 e. The van der Waals surface area contributed by atoms with Gasteiger partial charge in [-0.2, -0.15) is 0 Å². The number of nitrogens with zero attached hydrogens (tertiary/aromatic N) is 1. The lowest BCUT2D eigenvalue weighted by atomic mass is 9.53. The predicted molar refractivity (Wildman–Crippen MR) is 225 cm³/mol. The third-order valence-electron chi connectivity index (χ3n) is 12.9. The molecule has 0 amide bonds. The molecule has 57 heavy (non-hydrogen) atoms. The molecule has 0 aromatic heterocycles. The first-order chi connectivity index (χ1) is 27.2. The zero-order valence-electron chi connectivity index (χ0n) is 34.7. The van der Waals surface area contributed by atoms with Crippen LogP contribution in [0.4, 0.5) is 5.69 Å². The van der Waals surface area contributed by atoms with Crippen LogP contribution in [0, 0.1) is 35.5 Å². The van der Waals surface area contributed by atoms with E-state index in [-0.39, 0.29) is 71.0 Å². The standard InChI is InChI=1S/C48H55NO7S/c1-24(2)13-12-20-48(8)23-28-21-35(50)54-45-37(28)44(56-48)30(18-16-25(3)4)42-38(45)40-39-43(55-42)31-22-32(46(39)57-34-15-11-10-14-33(34)49-40)41(51)29(36(31)26(5)6)19-17-27(7)47(52)53-9/h10-11,13-17,23,26,29,31-32,36,39,43,46H,12,18-22H2,1-9H3. The fourth-order valence-corrected chi connectivity index (χ4v) is 12.0. The lowest BCUT2D eigenvalue weighted by Crippen LogP contribution is -2.62. The molecular formula is C48H55NO7S. The van der Waals surface area contributed by atoms with E-state index in [0.29, 0.717) is 41.9 Å². The van der Waals surface area contributed by atoms with Gasteiger partial charge in [0.2, 0.25) is 0 Å². The topological polar surface area (TPSA) is 100 Å². The Bertz CT molecular complexity index is 2200. The van der Waals surface area contributed by atoms with Gasteiger partial charge in [0, 0.05) is 39.0 Å². The summed E-state index contributed by atoms with van der Waals surface area (Å²) in [6.45, 7) is 16.7. The quantitative estimate of drug-likeness (QED) is 0.107. The van der Waals surface area contributed by atoms with E-state index in [2.05, 4.69) is 72.8 Å². The van der Waals surface area contributed by atoms with Gasteiger partial charge in [0.1, 0.15) is 29.0 Å². The Morgan fingerprint density at radius 2 is 1.77 bits per heavy atom. The highest BCUT2D eigenvalue weighted by molar-refractivity contribution is 8.00. The van der Waals surface area contributed by atoms with Crippen molar-refractivity contribution < 1.29 is 33.3 Å². The Morgan fingerprint density at radius 3 is 2.49 bits per heavy atom. The van der Waals surface area contributed by atoms with Crippen molar-refractivity contribution in [2.75, 3.05) is 7.11 Å². The maximum Gasteiger partial charge on any atom is 0.333 e. The number of allylic oxidation sites excluding steroid dienone is 5. The van der Waals surface area contributed by atoms with Crippen LogP contribution < -0.4 is 14.2 Å². The molecule has 6 aliphatic rings. The lowest BCUT2D eigenvalue weighted by molar-refractivity contribution is -0.144. The van der Waals surface area contributed by atoms with Crippen LogP contribution in [0.25, 0.3) is 5.57 Å². The van der Waals surface area contributed by atoms with Crippen LogP contribution in [-0.4, -0.2) is 47.5 Å². The van der Waals surface area contributed by atoms with Gasteiger partial charge in [0.25, 0.3) is 0 Å². The number of carbonyl (C=O) groups is 3. The highest BCUT2D eigenvalue weighted by Gasteiger charge is 2.62. The average Bonchev–Trinajstić information content (AvgIpc) is 3.32. The molecule has 0 radical (unpaired) electrons. The summed E-state index contributed by atoms with van der Waals surface area (Å²) in [4.78, 5) is 47.7. The normalized spacial score (nSPS) is 29.1. The van der Waals surface area contributed by atoms with E-state index in [1.807, 2.05) is 24.3 Å². The smallest absolute Gasteiger partial charge is 0.333 e. The molecule has 4 heterocycles. The molecule has 8 nitrogen and oxygen atoms in total. The average molecular weight is 790 g/mol. The molecule has 9 heteroatoms. The van der Waals surface area contributed by atoms with Gasteiger partial charge in [0.05, 0.1) is 42.0 Å². The maximum absolute atomic E-state index is 15.0. The summed E-state index contributed by atoms with van der Waals surface area (Å²) < 4.78 is 26.1. The van der Waals surface area contributed by atoms with Crippen LogP contribution in [0.5, 0.6) is 17.2 Å². The number of carbonyl (C=O) groups excluding carboxylic acids is 3. The van der Waals surface area contributed by atoms with E-state index in [1.165, 1.54) is 18.3 Å². The van der Waals surface area contributed by atoms with E-state index >= 15 is 0 Å². The summed E-state index contributed by atoms with van der Waals surface area (Å²) in [6, 6.07) is 8.16. The Morgan fingerprint density at radius 1 is 1.02 bits per heavy atom. The van der Waals surface area contributed by atoms with Crippen LogP contribution in [0.3, 0.4) is 0 Å². The molecular weight excluding hydrogens is 735 g/mol. The first kappa shape index (κ1) is 39.5. The molecule has 8 unspecified atom stereocenters. The molecule has 2 saturated carbocycles. The number of methoxy groups -OCH3 is 1. The van der Waals surface area contributed by atoms with Gasteiger partial charge in [0.15, 0.2) is 5.75 Å². The molecule has 2 bridgehead atoms. The maximum atomic E-state index is 15.0. The number of Topliss-reactive ketones (excluding diaryl/α,β-unsaturated/α-hetero) is 1. The second-order valence-electron chi connectivity index (χ2n) is 17.9. The number of esters is 2. The third-order valence-corrected chi connectivity index (χ3v) is 14.4. The van der Waals surface area contributed by atoms with E-state index in [4.69, 9.17) is 23.9 Å². The van der Waals surface area contributed by atoms with Crippen LogP contribution in [-0.2, 0) is 25.5 Å². The molecule has 8 atom stereocenters. The number of hydrogen-bond donors (Lipinski definition) is 0. The molecule has 0 spiro atoms. The zero-order chi connectivity index (χ0) is 40.5. The van der Waals surface area contributed by atoms with E-state index in [9.17, 15) is 14.4 Å². The van der Waals surface area contributed by atoms with Gasteiger partial charge in [-0.05, 0) is 109 Å². The van der Waals surface area contributed by atoms with Crippen LogP contribution in [0.2, 0.25) is 0 Å². The fourth-order valence-electron chi connectivity index (χ4n) is 10.5. The van der Waals surface area contributed by atoms with Crippen LogP contribution in [0.15, 0.2) is 75.2 Å². The Kier molecular flexibility index (Phi) is 10.5. The summed E-state index contributed by atoms with van der Waals surface area (Å²) >= 11 is 1.73. The largest absolute Gasteiger partial charge is 0.488 e. The lowest BCUT2D eigenvalue weighted by Gasteiger charge is -2.56. The van der Waals surface area contributed by atoms with Gasteiger partial charge in [-0.1, -0.05) is 55.4 Å². The Balaban J connectivity index is 1.37. The number of fused-ring (bicyclic) bond motifs is 8. The number of hydrogen-bond acceptors (Lipinski definition) is 9. The number of thioether (sulfide) groups is 1. The molecule has 2 aromatic carbocycles. The van der Waals surface area contributed by atoms with Gasteiger partial charge in [-0.3, -0.25) is 14.6 Å². The Labute approximate surface area is 341 Å². The summed E-state index contributed by atoms with van der Waals surface area (Å²) in [7, 11) is 1.39. The van der Waals surface area contributed by atoms with Crippen molar-refractivity contribution >= 4 is 46.5 Å². The van der Waals surface area contributed by atoms with E-state index in [1.54, 1.807) is 18.7 Å². The summed E-state index contributed by atoms with van der Waals surface area (Å²) in [5.74, 6) is 0.814. The number of ketones is 1. The van der Waals surface area contributed by atoms with Crippen molar-refractivity contribution in [2.24, 2.45) is 40.5 Å². The number of para-hydroxylation sites is 1. The molecule has 8 rings (SSSR count). The third kappa shape index (κ3) is 6.91. The summed E-state index contributed by atoms with van der Waals surface area (Å²) in [6.07, 6.45) is 11.7. The number of rotatable bonds is 9. The van der Waals surface area contributed by atoms with Crippen molar-refractivity contribution in [3.05, 3.63) is 82.0 Å². The first-order valence-corrected chi connectivity index (χ1v) is 21.5. The predicted octanol–water partition coefficient (Wildman–Crippen LogP) is 10.4. The molecule has 2 fully saturated rings. The molecule has 300 valence electrons. The van der Waals surface area contributed by atoms with Crippen molar-refractivity contribution in [3.63, 3.8) is 0 Å². The van der Waals surface area contributed by atoms with Crippen molar-refractivity contribution in [1.29, 1.82) is 0 Å². The minimum atomic E-state index is -0.650. The van der Waals surface area contributed by atoms with Gasteiger partial charge in [-0.25, -0.2) is 4.79 Å². The highest BCUT2D eigenvalue weighted by atomic mass is 32.2. The second kappa shape index (κ2) is 15.1. The molecule has 0 saturated heterocycles. The van der Waals surface area contributed by atoms with Gasteiger partial charge >= 0.3 is 11.9 Å². The van der Waals surface area contributed by atoms with Crippen LogP contribution in [0.1, 0.15) is 104 Å². The summed E-state index contributed by atoms with van der Waals surface area (Å²) in [5, 5.41) is -0.163. The SMILES string of the molecule is COC(=O)C(C)=CCC1C(=O)C2CC(C3Oc4c(CC=C(C)C)c5c6c(c4C4=Nc7ccccc7SC2C43)OC(=O)CC6=CC(C)(CCC=C(C)C)O5)C1C(C)C. The van der Waals surface area contributed by atoms with Crippen molar-refractivity contribution in [2.45, 2.75) is 116 Å². The monoisotopic (exact) mass is 789 g/mol. The number of benzene rings is 2. The summed E-state index contributed by atoms with van der Waals surface area (Å²) in [5.41, 5.74) is 7.34. The van der Waals surface area contributed by atoms with E-state index in [0.717, 1.165) is 51.6 Å². The zero-order valence-corrected chi connectivity index (χ0v) is 35.5. The first-order valence-electron chi connectivity index (χ1n) is 20.6. The molecule has 2 aliphatic carbocycles. The van der Waals surface area contributed by atoms with Gasteiger partial charge in [-0.15, -0.1) is 11.8 Å². The number of aliphatic imine (C=N–C) groups is 1.